The van der Waals surface area contributed by atoms with Gasteiger partial charge >= 0.3 is 0 Å². The van der Waals surface area contributed by atoms with E-state index in [4.69, 9.17) is 5.73 Å². The minimum Gasteiger partial charge on any atom is -0.327 e. The number of aromatic nitrogens is 1. The highest BCUT2D eigenvalue weighted by atomic mass is 32.1. The van der Waals surface area contributed by atoms with E-state index in [2.05, 4.69) is 32.7 Å². The van der Waals surface area contributed by atoms with Crippen LogP contribution in [0.3, 0.4) is 0 Å². The highest BCUT2D eigenvalue weighted by Crippen LogP contribution is 2.20. The summed E-state index contributed by atoms with van der Waals surface area (Å²) in [7, 11) is 0. The van der Waals surface area contributed by atoms with Crippen molar-refractivity contribution in [1.29, 1.82) is 0 Å². The monoisotopic (exact) mass is 212 g/mol. The molecule has 3 heteroatoms. The first-order valence-electron chi connectivity index (χ1n) is 5.25. The number of nitrogens with two attached hydrogens (primary N) is 1. The van der Waals surface area contributed by atoms with Crippen LogP contribution in [-0.4, -0.2) is 11.0 Å². The van der Waals surface area contributed by atoms with Gasteiger partial charge in [-0.25, -0.2) is 4.98 Å². The van der Waals surface area contributed by atoms with Gasteiger partial charge in [-0.2, -0.15) is 0 Å². The molecule has 0 amide bonds. The lowest BCUT2D eigenvalue weighted by molar-refractivity contribution is 0.489. The zero-order valence-electron chi connectivity index (χ0n) is 9.50. The van der Waals surface area contributed by atoms with Crippen LogP contribution in [0.5, 0.6) is 0 Å². The van der Waals surface area contributed by atoms with Gasteiger partial charge < -0.3 is 5.73 Å². The summed E-state index contributed by atoms with van der Waals surface area (Å²) in [6.07, 6.45) is 1.95. The third-order valence-electron chi connectivity index (χ3n) is 2.54. The molecule has 1 unspecified atom stereocenters. The van der Waals surface area contributed by atoms with Gasteiger partial charge in [0, 0.05) is 17.3 Å². The van der Waals surface area contributed by atoms with Gasteiger partial charge in [-0.1, -0.05) is 20.8 Å². The summed E-state index contributed by atoms with van der Waals surface area (Å²) in [5, 5.41) is 1.19. The Bertz CT molecular complexity index is 291. The fourth-order valence-corrected chi connectivity index (χ4v) is 2.43. The highest BCUT2D eigenvalue weighted by molar-refractivity contribution is 7.11. The maximum absolute atomic E-state index is 6.02. The molecule has 0 aromatic carbocycles. The number of hydrogen-bond acceptors (Lipinski definition) is 3. The molecule has 0 aliphatic carbocycles. The van der Waals surface area contributed by atoms with E-state index in [1.165, 1.54) is 15.6 Å². The maximum Gasteiger partial charge on any atom is 0.0946 e. The van der Waals surface area contributed by atoms with E-state index in [9.17, 15) is 0 Å². The Balaban J connectivity index is 2.68. The quantitative estimate of drug-likeness (QED) is 0.833. The van der Waals surface area contributed by atoms with Crippen LogP contribution in [-0.2, 0) is 12.8 Å². The lowest BCUT2D eigenvalue weighted by Gasteiger charge is -2.13. The van der Waals surface area contributed by atoms with Crippen molar-refractivity contribution in [2.24, 2.45) is 11.7 Å². The summed E-state index contributed by atoms with van der Waals surface area (Å²) in [5.41, 5.74) is 7.25. The minimum atomic E-state index is 0.241. The Hall–Kier alpha value is -0.410. The molecule has 1 rings (SSSR count). The van der Waals surface area contributed by atoms with Gasteiger partial charge in [-0.3, -0.25) is 0 Å². The fraction of sp³-hybridized carbons (Fsp3) is 0.727. The third kappa shape index (κ3) is 2.79. The molecule has 80 valence electrons. The molecule has 0 saturated carbocycles. The normalized spacial score (nSPS) is 13.6. The van der Waals surface area contributed by atoms with Crippen LogP contribution in [0.1, 0.15) is 36.3 Å². The molecule has 1 aromatic rings. The van der Waals surface area contributed by atoms with Gasteiger partial charge in [0.2, 0.25) is 0 Å². The Morgan fingerprint density at radius 3 is 2.50 bits per heavy atom. The molecule has 0 bridgehead atoms. The van der Waals surface area contributed by atoms with Gasteiger partial charge in [-0.15, -0.1) is 11.3 Å². The van der Waals surface area contributed by atoms with Gasteiger partial charge in [0.25, 0.3) is 0 Å². The first kappa shape index (κ1) is 11.7. The molecule has 2 N–H and O–H groups in total. The lowest BCUT2D eigenvalue weighted by atomic mass is 10.0. The Kier molecular flexibility index (Phi) is 4.08. The predicted molar refractivity (Wildman–Crippen MR) is 62.7 cm³/mol. The van der Waals surface area contributed by atoms with Crippen LogP contribution in [0, 0.1) is 12.8 Å². The Morgan fingerprint density at radius 1 is 1.43 bits per heavy atom. The third-order valence-corrected chi connectivity index (χ3v) is 3.57. The van der Waals surface area contributed by atoms with Crippen molar-refractivity contribution in [3.63, 3.8) is 0 Å². The summed E-state index contributed by atoms with van der Waals surface area (Å²) in [4.78, 5) is 5.93. The largest absolute Gasteiger partial charge is 0.327 e. The van der Waals surface area contributed by atoms with Crippen LogP contribution in [0.25, 0.3) is 0 Å². The van der Waals surface area contributed by atoms with Crippen molar-refractivity contribution < 1.29 is 0 Å². The molecule has 2 nitrogen and oxygen atoms in total. The molecule has 14 heavy (non-hydrogen) atoms. The number of nitrogens with zero attached hydrogens (tertiary/aromatic N) is 1. The molecular formula is C11H20N2S. The Morgan fingerprint density at radius 2 is 2.07 bits per heavy atom. The number of thiazole rings is 1. The van der Waals surface area contributed by atoms with Gasteiger partial charge in [-0.05, 0) is 19.3 Å². The number of aryl methyl sites for hydroxylation is 2. The van der Waals surface area contributed by atoms with Crippen LogP contribution in [0.2, 0.25) is 0 Å². The summed E-state index contributed by atoms with van der Waals surface area (Å²) in [6.45, 7) is 8.60. The topological polar surface area (TPSA) is 38.9 Å². The average Bonchev–Trinajstić information content (AvgIpc) is 2.45. The fourth-order valence-electron chi connectivity index (χ4n) is 1.34. The van der Waals surface area contributed by atoms with Gasteiger partial charge in [0.15, 0.2) is 0 Å². The van der Waals surface area contributed by atoms with Crippen molar-refractivity contribution in [1.82, 2.24) is 4.98 Å². The predicted octanol–water partition coefficient (Wildman–Crippen LogP) is 2.54. The molecule has 0 aliphatic rings. The second kappa shape index (κ2) is 4.89. The zero-order chi connectivity index (χ0) is 10.7. The summed E-state index contributed by atoms with van der Waals surface area (Å²) in [5.74, 6) is 0.532. The van der Waals surface area contributed by atoms with Crippen molar-refractivity contribution in [3.8, 4) is 0 Å². The molecule has 1 heterocycles. The van der Waals surface area contributed by atoms with Crippen molar-refractivity contribution in [2.75, 3.05) is 0 Å². The molecular weight excluding hydrogens is 192 g/mol. The maximum atomic E-state index is 6.02. The molecule has 0 aliphatic heterocycles. The zero-order valence-corrected chi connectivity index (χ0v) is 10.3. The van der Waals surface area contributed by atoms with E-state index >= 15 is 0 Å². The van der Waals surface area contributed by atoms with Crippen LogP contribution in [0.15, 0.2) is 0 Å². The molecule has 0 radical (unpaired) electrons. The van der Waals surface area contributed by atoms with Crippen molar-refractivity contribution >= 4 is 11.3 Å². The first-order chi connectivity index (χ1) is 6.54. The standard InChI is InChI=1S/C11H20N2S/c1-5-10-8(4)14-11(13-10)6-9(12)7(2)3/h7,9H,5-6,12H2,1-4H3. The summed E-state index contributed by atoms with van der Waals surface area (Å²) >= 11 is 1.79. The molecule has 0 fully saturated rings. The smallest absolute Gasteiger partial charge is 0.0946 e. The molecule has 1 aromatic heterocycles. The second-order valence-corrected chi connectivity index (χ2v) is 5.36. The van der Waals surface area contributed by atoms with E-state index in [1.54, 1.807) is 11.3 Å². The van der Waals surface area contributed by atoms with E-state index in [0.29, 0.717) is 5.92 Å². The SMILES string of the molecule is CCc1nc(CC(N)C(C)C)sc1C. The van der Waals surface area contributed by atoms with Gasteiger partial charge in [0.1, 0.15) is 0 Å². The van der Waals surface area contributed by atoms with Crippen molar-refractivity contribution in [3.05, 3.63) is 15.6 Å². The minimum absolute atomic E-state index is 0.241. The number of rotatable bonds is 4. The molecule has 0 spiro atoms. The summed E-state index contributed by atoms with van der Waals surface area (Å²) < 4.78 is 0. The summed E-state index contributed by atoms with van der Waals surface area (Å²) in [6, 6.07) is 0.241. The van der Waals surface area contributed by atoms with E-state index in [-0.39, 0.29) is 6.04 Å². The van der Waals surface area contributed by atoms with E-state index in [0.717, 1.165) is 12.8 Å². The van der Waals surface area contributed by atoms with Crippen LogP contribution >= 0.6 is 11.3 Å². The van der Waals surface area contributed by atoms with Gasteiger partial charge in [0.05, 0.1) is 10.7 Å². The van der Waals surface area contributed by atoms with Crippen LogP contribution < -0.4 is 5.73 Å². The molecule has 0 saturated heterocycles. The molecule has 1 atom stereocenters. The average molecular weight is 212 g/mol. The first-order valence-corrected chi connectivity index (χ1v) is 6.07. The van der Waals surface area contributed by atoms with E-state index < -0.39 is 0 Å². The second-order valence-electron chi connectivity index (χ2n) is 4.08. The lowest BCUT2D eigenvalue weighted by Crippen LogP contribution is -2.28. The Labute approximate surface area is 90.6 Å². The number of hydrogen-bond donors (Lipinski definition) is 1. The highest BCUT2D eigenvalue weighted by Gasteiger charge is 2.12. The van der Waals surface area contributed by atoms with E-state index in [1.807, 2.05) is 0 Å². The van der Waals surface area contributed by atoms with Crippen LogP contribution in [0.4, 0.5) is 0 Å². The van der Waals surface area contributed by atoms with Crippen molar-refractivity contribution in [2.45, 2.75) is 46.6 Å².